The van der Waals surface area contributed by atoms with Gasteiger partial charge in [0.2, 0.25) is 0 Å². The summed E-state index contributed by atoms with van der Waals surface area (Å²) in [6, 6.07) is 4.48. The molecule has 0 radical (unpaired) electrons. The molecular weight excluding hydrogens is 277 g/mol. The summed E-state index contributed by atoms with van der Waals surface area (Å²) in [5, 5.41) is 13.5. The first-order valence-corrected chi connectivity index (χ1v) is 5.80. The number of alkyl halides is 3. The van der Waals surface area contributed by atoms with Gasteiger partial charge in [-0.25, -0.2) is 4.79 Å². The maximum Gasteiger partial charge on any atom is 0.573 e. The van der Waals surface area contributed by atoms with Crippen LogP contribution in [0.5, 0.6) is 5.75 Å². The molecule has 1 aromatic rings. The zero-order valence-corrected chi connectivity index (χ0v) is 10.7. The molecule has 0 bridgehead atoms. The highest BCUT2D eigenvalue weighted by Gasteiger charge is 2.31. The van der Waals surface area contributed by atoms with Crippen LogP contribution in [-0.2, 0) is 6.54 Å². The van der Waals surface area contributed by atoms with Crippen LogP contribution in [0.4, 0.5) is 18.0 Å². The van der Waals surface area contributed by atoms with Crippen molar-refractivity contribution < 1.29 is 27.8 Å². The highest BCUT2D eigenvalue weighted by molar-refractivity contribution is 5.74. The number of ether oxygens (including phenoxy) is 1. The molecule has 0 aliphatic carbocycles. The Morgan fingerprint density at radius 2 is 2.05 bits per heavy atom. The third kappa shape index (κ3) is 5.79. The average molecular weight is 292 g/mol. The molecule has 3 N–H and O–H groups in total. The first-order valence-electron chi connectivity index (χ1n) is 5.80. The van der Waals surface area contributed by atoms with E-state index in [9.17, 15) is 18.0 Å². The second kappa shape index (κ2) is 6.99. The number of carbonyl (C=O) groups excluding carboxylic acids is 1. The molecule has 0 spiro atoms. The van der Waals surface area contributed by atoms with E-state index in [2.05, 4.69) is 15.4 Å². The van der Waals surface area contributed by atoms with E-state index < -0.39 is 18.4 Å². The molecule has 8 heteroatoms. The predicted molar refractivity (Wildman–Crippen MR) is 65.0 cm³/mol. The highest BCUT2D eigenvalue weighted by Crippen LogP contribution is 2.25. The molecule has 1 rings (SSSR count). The normalized spacial score (nSPS) is 12.7. The molecule has 0 aliphatic rings. The molecule has 0 saturated heterocycles. The number of aliphatic hydroxyl groups is 1. The van der Waals surface area contributed by atoms with E-state index in [-0.39, 0.29) is 24.5 Å². The van der Waals surface area contributed by atoms with Gasteiger partial charge in [-0.3, -0.25) is 0 Å². The minimum absolute atomic E-state index is 0.129. The van der Waals surface area contributed by atoms with E-state index in [0.717, 1.165) is 0 Å². The molecule has 1 atom stereocenters. The Hall–Kier alpha value is -1.96. The molecule has 0 aromatic heterocycles. The van der Waals surface area contributed by atoms with Crippen molar-refractivity contribution in [1.29, 1.82) is 0 Å². The Morgan fingerprint density at radius 1 is 1.40 bits per heavy atom. The fraction of sp³-hybridized carbons (Fsp3) is 0.417. The third-order valence-corrected chi connectivity index (χ3v) is 2.29. The average Bonchev–Trinajstić information content (AvgIpc) is 2.35. The van der Waals surface area contributed by atoms with E-state index in [0.29, 0.717) is 0 Å². The van der Waals surface area contributed by atoms with E-state index >= 15 is 0 Å². The number of halogens is 3. The van der Waals surface area contributed by atoms with Crippen LogP contribution in [0.25, 0.3) is 0 Å². The first kappa shape index (κ1) is 16.1. The first-order chi connectivity index (χ1) is 9.31. The van der Waals surface area contributed by atoms with Crippen molar-refractivity contribution in [3.05, 3.63) is 29.8 Å². The van der Waals surface area contributed by atoms with Gasteiger partial charge < -0.3 is 20.5 Å². The monoisotopic (exact) mass is 292 g/mol. The molecule has 5 nitrogen and oxygen atoms in total. The van der Waals surface area contributed by atoms with Crippen LogP contribution < -0.4 is 15.4 Å². The van der Waals surface area contributed by atoms with Crippen molar-refractivity contribution in [3.8, 4) is 5.75 Å². The number of urea groups is 1. The lowest BCUT2D eigenvalue weighted by molar-refractivity contribution is -0.274. The molecular formula is C12H15F3N2O3. The fourth-order valence-electron chi connectivity index (χ4n) is 1.37. The van der Waals surface area contributed by atoms with Gasteiger partial charge in [-0.2, -0.15) is 0 Å². The molecule has 20 heavy (non-hydrogen) atoms. The number of aliphatic hydroxyl groups excluding tert-OH is 1. The number of hydrogen-bond acceptors (Lipinski definition) is 3. The summed E-state index contributed by atoms with van der Waals surface area (Å²) in [5.74, 6) is -0.365. The number of nitrogens with one attached hydrogen (secondary N) is 2. The quantitative estimate of drug-likeness (QED) is 0.774. The zero-order chi connectivity index (χ0) is 15.2. The van der Waals surface area contributed by atoms with E-state index in [1.165, 1.54) is 24.3 Å². The third-order valence-electron chi connectivity index (χ3n) is 2.29. The maximum absolute atomic E-state index is 12.2. The van der Waals surface area contributed by atoms with Gasteiger partial charge >= 0.3 is 12.4 Å². The molecule has 2 amide bonds. The lowest BCUT2D eigenvalue weighted by Crippen LogP contribution is -2.42. The zero-order valence-electron chi connectivity index (χ0n) is 10.7. The highest BCUT2D eigenvalue weighted by atomic mass is 19.4. The van der Waals surface area contributed by atoms with Crippen LogP contribution in [0.15, 0.2) is 24.3 Å². The van der Waals surface area contributed by atoms with Crippen LogP contribution in [0.1, 0.15) is 12.5 Å². The van der Waals surface area contributed by atoms with Crippen LogP contribution in [-0.4, -0.2) is 30.1 Å². The van der Waals surface area contributed by atoms with E-state index in [4.69, 9.17) is 5.11 Å². The summed E-state index contributed by atoms with van der Waals surface area (Å²) >= 11 is 0. The fourth-order valence-corrected chi connectivity index (χ4v) is 1.37. The molecule has 1 unspecified atom stereocenters. The lowest BCUT2D eigenvalue weighted by atomic mass is 10.2. The molecule has 0 fully saturated rings. The Labute approximate surface area is 113 Å². The molecule has 0 saturated carbocycles. The van der Waals surface area contributed by atoms with Crippen molar-refractivity contribution in [1.82, 2.24) is 10.6 Å². The summed E-state index contributed by atoms with van der Waals surface area (Å²) in [5.41, 5.74) is 0.191. The van der Waals surface area contributed by atoms with Gasteiger partial charge in [-0.05, 0) is 13.0 Å². The van der Waals surface area contributed by atoms with Crippen LogP contribution >= 0.6 is 0 Å². The Kier molecular flexibility index (Phi) is 5.63. The van der Waals surface area contributed by atoms with Crippen molar-refractivity contribution >= 4 is 6.03 Å². The second-order valence-corrected chi connectivity index (χ2v) is 4.07. The van der Waals surface area contributed by atoms with Crippen LogP contribution in [0.2, 0.25) is 0 Å². The number of rotatable bonds is 5. The van der Waals surface area contributed by atoms with Gasteiger partial charge in [0.05, 0.1) is 12.6 Å². The number of carbonyl (C=O) groups is 1. The van der Waals surface area contributed by atoms with Gasteiger partial charge in [-0.15, -0.1) is 13.2 Å². The molecule has 1 aromatic carbocycles. The second-order valence-electron chi connectivity index (χ2n) is 4.07. The lowest BCUT2D eigenvalue weighted by Gasteiger charge is -2.15. The summed E-state index contributed by atoms with van der Waals surface area (Å²) in [4.78, 5) is 11.4. The van der Waals surface area contributed by atoms with Gasteiger partial charge in [0.15, 0.2) is 0 Å². The standard InChI is InChI=1S/C12H15F3N2O3/c1-8(7-18)17-11(19)16-6-9-4-2-3-5-10(9)20-12(13,14)15/h2-5,8,18H,6-7H2,1H3,(H2,16,17,19). The van der Waals surface area contributed by atoms with Gasteiger partial charge in [0, 0.05) is 12.1 Å². The van der Waals surface area contributed by atoms with E-state index in [1.54, 1.807) is 6.92 Å². The smallest absolute Gasteiger partial charge is 0.405 e. The summed E-state index contributed by atoms with van der Waals surface area (Å²) in [7, 11) is 0. The number of para-hydroxylation sites is 1. The van der Waals surface area contributed by atoms with Crippen LogP contribution in [0, 0.1) is 0 Å². The topological polar surface area (TPSA) is 70.6 Å². The molecule has 0 aliphatic heterocycles. The molecule has 112 valence electrons. The van der Waals surface area contributed by atoms with Crippen molar-refractivity contribution in [2.75, 3.05) is 6.61 Å². The largest absolute Gasteiger partial charge is 0.573 e. The van der Waals surface area contributed by atoms with Gasteiger partial charge in [0.1, 0.15) is 5.75 Å². The number of amides is 2. The van der Waals surface area contributed by atoms with E-state index in [1.807, 2.05) is 0 Å². The van der Waals surface area contributed by atoms with Crippen molar-refractivity contribution in [2.24, 2.45) is 0 Å². The minimum atomic E-state index is -4.79. The maximum atomic E-state index is 12.2. The summed E-state index contributed by atoms with van der Waals surface area (Å²) < 4.78 is 40.4. The number of benzene rings is 1. The summed E-state index contributed by atoms with van der Waals surface area (Å²) in [6.07, 6.45) is -4.79. The predicted octanol–water partition coefficient (Wildman–Crippen LogP) is 1.77. The minimum Gasteiger partial charge on any atom is -0.405 e. The van der Waals surface area contributed by atoms with Crippen LogP contribution in [0.3, 0.4) is 0 Å². The Balaban J connectivity index is 2.62. The van der Waals surface area contributed by atoms with Crippen molar-refractivity contribution in [3.63, 3.8) is 0 Å². The summed E-state index contributed by atoms with van der Waals surface area (Å²) in [6.45, 7) is 1.22. The number of hydrogen-bond donors (Lipinski definition) is 3. The molecule has 0 heterocycles. The Morgan fingerprint density at radius 3 is 2.65 bits per heavy atom. The van der Waals surface area contributed by atoms with Gasteiger partial charge in [0.25, 0.3) is 0 Å². The van der Waals surface area contributed by atoms with Crippen molar-refractivity contribution in [2.45, 2.75) is 25.9 Å². The van der Waals surface area contributed by atoms with Gasteiger partial charge in [-0.1, -0.05) is 18.2 Å². The Bertz CT molecular complexity index is 452. The SMILES string of the molecule is CC(CO)NC(=O)NCc1ccccc1OC(F)(F)F.